The summed E-state index contributed by atoms with van der Waals surface area (Å²) in [7, 11) is 0. The molecular formula is C32H37N3O4S2. The van der Waals surface area contributed by atoms with Gasteiger partial charge in [0.25, 0.3) is 0 Å². The van der Waals surface area contributed by atoms with E-state index in [2.05, 4.69) is 22.0 Å². The molecule has 0 aliphatic carbocycles. The Kier molecular flexibility index (Phi) is 11.3. The van der Waals surface area contributed by atoms with Crippen LogP contribution in [0.4, 0.5) is 0 Å². The van der Waals surface area contributed by atoms with E-state index in [-0.39, 0.29) is 24.7 Å². The maximum Gasteiger partial charge on any atom is 0.306 e. The van der Waals surface area contributed by atoms with Gasteiger partial charge in [-0.25, -0.2) is 0 Å². The van der Waals surface area contributed by atoms with Crippen LogP contribution in [0, 0.1) is 12.8 Å². The predicted molar refractivity (Wildman–Crippen MR) is 166 cm³/mol. The number of ketones is 1. The lowest BCUT2D eigenvalue weighted by Crippen LogP contribution is -2.43. The lowest BCUT2D eigenvalue weighted by molar-refractivity contribution is -0.143. The van der Waals surface area contributed by atoms with E-state index in [0.717, 1.165) is 27.1 Å². The van der Waals surface area contributed by atoms with Gasteiger partial charge in [0.05, 0.1) is 18.0 Å². The molecule has 9 heteroatoms. The summed E-state index contributed by atoms with van der Waals surface area (Å²) in [5, 5.41) is 9.73. The fourth-order valence-corrected chi connectivity index (χ4v) is 6.36. The van der Waals surface area contributed by atoms with Gasteiger partial charge in [0.2, 0.25) is 5.91 Å². The predicted octanol–water partition coefficient (Wildman–Crippen LogP) is 5.55. The first-order valence-corrected chi connectivity index (χ1v) is 16.1. The number of carbonyl (C=O) groups excluding carboxylic acids is 2. The summed E-state index contributed by atoms with van der Waals surface area (Å²) in [5.41, 5.74) is 6.39. The maximum atomic E-state index is 13.7. The number of carbonyl (C=O) groups is 3. The summed E-state index contributed by atoms with van der Waals surface area (Å²) >= 11 is 3.15. The normalized spacial score (nSPS) is 14.4. The van der Waals surface area contributed by atoms with Gasteiger partial charge in [-0.2, -0.15) is 11.8 Å². The Morgan fingerprint density at radius 3 is 2.54 bits per heavy atom. The van der Waals surface area contributed by atoms with Crippen LogP contribution in [0.2, 0.25) is 0 Å². The number of benzene rings is 2. The van der Waals surface area contributed by atoms with Crippen molar-refractivity contribution in [2.45, 2.75) is 39.3 Å². The summed E-state index contributed by atoms with van der Waals surface area (Å²) in [6, 6.07) is 18.0. The summed E-state index contributed by atoms with van der Waals surface area (Å²) in [5.74, 6) is -1.07. The molecule has 1 aliphatic rings. The molecule has 4 rings (SSSR count). The molecule has 0 bridgehead atoms. The van der Waals surface area contributed by atoms with E-state index in [4.69, 9.17) is 0 Å². The SMILES string of the molecule is CSCC[C@H](CC(=O)C1=C(c2ccccc2C)CN(C(=O)CN(Cc2ccccc2)Cc2cncs2)CC1)C(=O)O. The van der Waals surface area contributed by atoms with Crippen LogP contribution in [-0.4, -0.2) is 69.2 Å². The Morgan fingerprint density at radius 2 is 1.85 bits per heavy atom. The summed E-state index contributed by atoms with van der Waals surface area (Å²) in [6.07, 6.45) is 4.63. The Hall–Kier alpha value is -3.27. The van der Waals surface area contributed by atoms with Crippen LogP contribution in [0.5, 0.6) is 0 Å². The number of aryl methyl sites for hydroxylation is 1. The number of nitrogens with zero attached hydrogens (tertiary/aromatic N) is 3. The Balaban J connectivity index is 1.56. The quantitative estimate of drug-likeness (QED) is 0.263. The second kappa shape index (κ2) is 15.1. The minimum Gasteiger partial charge on any atom is -0.481 e. The molecule has 1 amide bonds. The van der Waals surface area contributed by atoms with Crippen molar-refractivity contribution in [2.75, 3.05) is 31.6 Å². The number of amides is 1. The van der Waals surface area contributed by atoms with E-state index in [1.165, 1.54) is 0 Å². The molecule has 0 fully saturated rings. The third kappa shape index (κ3) is 8.61. The third-order valence-electron chi connectivity index (χ3n) is 7.43. The van der Waals surface area contributed by atoms with Crippen LogP contribution in [-0.2, 0) is 27.5 Å². The van der Waals surface area contributed by atoms with E-state index in [9.17, 15) is 19.5 Å². The van der Waals surface area contributed by atoms with Crippen LogP contribution >= 0.6 is 23.1 Å². The Labute approximate surface area is 250 Å². The molecule has 216 valence electrons. The van der Waals surface area contributed by atoms with Crippen molar-refractivity contribution in [1.82, 2.24) is 14.8 Å². The number of rotatable bonds is 14. The van der Waals surface area contributed by atoms with E-state index in [0.29, 0.717) is 50.3 Å². The molecule has 0 saturated heterocycles. The molecule has 0 saturated carbocycles. The monoisotopic (exact) mass is 591 g/mol. The van der Waals surface area contributed by atoms with E-state index >= 15 is 0 Å². The van der Waals surface area contributed by atoms with Gasteiger partial charge in [0.15, 0.2) is 5.78 Å². The highest BCUT2D eigenvalue weighted by Crippen LogP contribution is 2.31. The van der Waals surface area contributed by atoms with E-state index in [1.807, 2.05) is 66.7 Å². The molecule has 0 radical (unpaired) electrons. The number of thiazole rings is 1. The molecule has 3 aromatic rings. The van der Waals surface area contributed by atoms with Gasteiger partial charge >= 0.3 is 5.97 Å². The smallest absolute Gasteiger partial charge is 0.306 e. The third-order valence-corrected chi connectivity index (χ3v) is 8.84. The molecule has 1 atom stereocenters. The average molecular weight is 592 g/mol. The molecule has 1 aliphatic heterocycles. The van der Waals surface area contributed by atoms with Crippen molar-refractivity contribution >= 4 is 46.3 Å². The van der Waals surface area contributed by atoms with Gasteiger partial charge in [0, 0.05) is 49.2 Å². The van der Waals surface area contributed by atoms with Gasteiger partial charge in [0.1, 0.15) is 0 Å². The number of aliphatic carboxylic acids is 1. The highest BCUT2D eigenvalue weighted by molar-refractivity contribution is 7.98. The van der Waals surface area contributed by atoms with Crippen LogP contribution in [0.1, 0.15) is 40.8 Å². The first kappa shape index (κ1) is 30.7. The van der Waals surface area contributed by atoms with Gasteiger partial charge in [-0.3, -0.25) is 24.3 Å². The van der Waals surface area contributed by atoms with Crippen molar-refractivity contribution < 1.29 is 19.5 Å². The number of aromatic nitrogens is 1. The molecule has 7 nitrogen and oxygen atoms in total. The van der Waals surface area contributed by atoms with Crippen molar-refractivity contribution in [1.29, 1.82) is 0 Å². The molecule has 41 heavy (non-hydrogen) atoms. The minimum atomic E-state index is -0.933. The van der Waals surface area contributed by atoms with Crippen molar-refractivity contribution in [3.05, 3.63) is 93.4 Å². The lowest BCUT2D eigenvalue weighted by Gasteiger charge is -2.33. The second-order valence-corrected chi connectivity index (χ2v) is 12.3. The zero-order valence-corrected chi connectivity index (χ0v) is 25.3. The van der Waals surface area contributed by atoms with Gasteiger partial charge in [-0.05, 0) is 54.0 Å². The average Bonchev–Trinajstić information content (AvgIpc) is 3.48. The molecule has 1 N–H and O–H groups in total. The summed E-state index contributed by atoms with van der Waals surface area (Å²) in [4.78, 5) is 48.4. The minimum absolute atomic E-state index is 0.00594. The first-order valence-electron chi connectivity index (χ1n) is 13.8. The van der Waals surface area contributed by atoms with Crippen LogP contribution < -0.4 is 0 Å². The van der Waals surface area contributed by atoms with Crippen LogP contribution in [0.3, 0.4) is 0 Å². The molecule has 0 unspecified atom stereocenters. The number of hydrogen-bond donors (Lipinski definition) is 1. The number of Topliss-reactive ketones (excluding diaryl/α,β-unsaturated/α-hetero) is 1. The fraction of sp³-hybridized carbons (Fsp3) is 0.375. The molecule has 1 aromatic heterocycles. The number of hydrogen-bond acceptors (Lipinski definition) is 7. The van der Waals surface area contributed by atoms with Gasteiger partial charge < -0.3 is 10.0 Å². The van der Waals surface area contributed by atoms with Crippen molar-refractivity contribution in [3.8, 4) is 0 Å². The molecular weight excluding hydrogens is 555 g/mol. The van der Waals surface area contributed by atoms with E-state index < -0.39 is 11.9 Å². The zero-order chi connectivity index (χ0) is 29.2. The fourth-order valence-electron chi connectivity index (χ4n) is 5.20. The highest BCUT2D eigenvalue weighted by Gasteiger charge is 2.31. The van der Waals surface area contributed by atoms with Crippen LogP contribution in [0.25, 0.3) is 5.57 Å². The Bertz CT molecular complexity index is 1360. The number of carboxylic acids is 1. The molecule has 2 aromatic carbocycles. The standard InChI is InChI=1S/C32H37N3O4S2/c1-23-8-6-7-11-27(23)29-20-35(14-12-28(29)30(36)16-25(32(38)39)13-15-40-2)31(37)21-34(19-26-17-33-22-41-26)18-24-9-4-3-5-10-24/h3-11,17,22,25H,12-16,18-21H2,1-2H3,(H,38,39)/t25-/m1/s1. The second-order valence-electron chi connectivity index (χ2n) is 10.4. The zero-order valence-electron chi connectivity index (χ0n) is 23.6. The number of thioether (sulfide) groups is 1. The van der Waals surface area contributed by atoms with Gasteiger partial charge in [-0.1, -0.05) is 54.6 Å². The molecule has 2 heterocycles. The maximum absolute atomic E-state index is 13.7. The number of carboxylic acid groups (broad SMARTS) is 1. The first-order chi connectivity index (χ1) is 19.9. The summed E-state index contributed by atoms with van der Waals surface area (Å²) in [6.45, 7) is 4.25. The largest absolute Gasteiger partial charge is 0.481 e. The van der Waals surface area contributed by atoms with Crippen LogP contribution in [0.15, 0.2) is 71.9 Å². The van der Waals surface area contributed by atoms with Crippen molar-refractivity contribution in [2.24, 2.45) is 5.92 Å². The van der Waals surface area contributed by atoms with E-state index in [1.54, 1.807) is 28.6 Å². The lowest BCUT2D eigenvalue weighted by atomic mass is 9.86. The van der Waals surface area contributed by atoms with Gasteiger partial charge in [-0.15, -0.1) is 11.3 Å². The highest BCUT2D eigenvalue weighted by atomic mass is 32.2. The van der Waals surface area contributed by atoms with Crippen molar-refractivity contribution in [3.63, 3.8) is 0 Å². The Morgan fingerprint density at radius 1 is 1.10 bits per heavy atom. The topological polar surface area (TPSA) is 90.8 Å². The summed E-state index contributed by atoms with van der Waals surface area (Å²) < 4.78 is 0. The molecule has 0 spiro atoms.